The highest BCUT2D eigenvalue weighted by Gasteiger charge is 2.34. The number of hydrogen-bond donors (Lipinski definition) is 1. The lowest BCUT2D eigenvalue weighted by atomic mass is 10.3. The van der Waals surface area contributed by atoms with E-state index in [0.29, 0.717) is 20.8 Å². The van der Waals surface area contributed by atoms with Gasteiger partial charge in [0.25, 0.3) is 0 Å². The molecule has 5 nitrogen and oxygen atoms in total. The summed E-state index contributed by atoms with van der Waals surface area (Å²) in [6.07, 6.45) is 0. The zero-order valence-corrected chi connectivity index (χ0v) is 12.2. The van der Waals surface area contributed by atoms with Gasteiger partial charge in [-0.2, -0.15) is 0 Å². The first kappa shape index (κ1) is 14.7. The van der Waals surface area contributed by atoms with Crippen molar-refractivity contribution in [2.45, 2.75) is 5.79 Å². The van der Waals surface area contributed by atoms with Crippen LogP contribution in [0.15, 0.2) is 22.1 Å². The molecule has 1 N–H and O–H groups in total. The predicted molar refractivity (Wildman–Crippen MR) is 73.1 cm³/mol. The van der Waals surface area contributed by atoms with E-state index in [1.165, 1.54) is 0 Å². The summed E-state index contributed by atoms with van der Waals surface area (Å²) < 4.78 is 5.38. The molecule has 0 saturated carbocycles. The maximum absolute atomic E-state index is 8.77. The standard InChI is InChI=1S/C12H15Cl2N3O2/c1-17(2)12(7-19-4-3-18)15-10-5-8(13)9(14)6-11(10)16-12/h5-6,18H,3-4,7H2,1-2H3. The summed E-state index contributed by atoms with van der Waals surface area (Å²) in [4.78, 5) is 11.0. The third-order valence-corrected chi connectivity index (χ3v) is 3.59. The van der Waals surface area contributed by atoms with E-state index >= 15 is 0 Å². The van der Waals surface area contributed by atoms with Gasteiger partial charge in [0, 0.05) is 0 Å². The second-order valence-corrected chi connectivity index (χ2v) is 5.24. The molecule has 7 heteroatoms. The fourth-order valence-corrected chi connectivity index (χ4v) is 2.10. The molecular formula is C12H15Cl2N3O2. The minimum Gasteiger partial charge on any atom is -0.394 e. The van der Waals surface area contributed by atoms with Crippen LogP contribution < -0.4 is 10.7 Å². The maximum Gasteiger partial charge on any atom is 0.231 e. The van der Waals surface area contributed by atoms with Crippen molar-refractivity contribution in [3.8, 4) is 0 Å². The normalized spacial score (nSPS) is 16.1. The number of rotatable bonds is 5. The van der Waals surface area contributed by atoms with E-state index in [-0.39, 0.29) is 19.8 Å². The lowest BCUT2D eigenvalue weighted by Crippen LogP contribution is -2.44. The van der Waals surface area contributed by atoms with E-state index in [2.05, 4.69) is 9.98 Å². The van der Waals surface area contributed by atoms with Gasteiger partial charge in [0.05, 0.1) is 34.0 Å². The number of hydrogen-bond acceptors (Lipinski definition) is 5. The molecule has 1 aliphatic heterocycles. The summed E-state index contributed by atoms with van der Waals surface area (Å²) >= 11 is 12.0. The molecule has 0 atom stereocenters. The number of ether oxygens (including phenoxy) is 1. The van der Waals surface area contributed by atoms with E-state index in [4.69, 9.17) is 33.0 Å². The highest BCUT2D eigenvalue weighted by Crippen LogP contribution is 2.21. The molecule has 0 amide bonds. The Morgan fingerprint density at radius 3 is 2.16 bits per heavy atom. The van der Waals surface area contributed by atoms with Gasteiger partial charge in [-0.3, -0.25) is 4.90 Å². The largest absolute Gasteiger partial charge is 0.394 e. The molecule has 0 unspecified atom stereocenters. The molecule has 19 heavy (non-hydrogen) atoms. The van der Waals surface area contributed by atoms with Crippen molar-refractivity contribution < 1.29 is 9.84 Å². The smallest absolute Gasteiger partial charge is 0.231 e. The van der Waals surface area contributed by atoms with Gasteiger partial charge in [-0.15, -0.1) is 0 Å². The maximum atomic E-state index is 8.77. The Hall–Kier alpha value is -0.720. The minimum absolute atomic E-state index is 0.0336. The number of aliphatic hydroxyl groups excluding tert-OH is 1. The molecule has 1 aromatic carbocycles. The monoisotopic (exact) mass is 303 g/mol. The van der Waals surface area contributed by atoms with Crippen molar-refractivity contribution in [1.29, 1.82) is 0 Å². The summed E-state index contributed by atoms with van der Waals surface area (Å²) in [6, 6.07) is 3.39. The van der Waals surface area contributed by atoms with Crippen molar-refractivity contribution in [2.75, 3.05) is 33.9 Å². The van der Waals surface area contributed by atoms with E-state index in [1.807, 2.05) is 19.0 Å². The molecule has 2 rings (SSSR count). The fraction of sp³-hybridized carbons (Fsp3) is 0.500. The van der Waals surface area contributed by atoms with Crippen LogP contribution in [-0.4, -0.2) is 49.7 Å². The van der Waals surface area contributed by atoms with Crippen molar-refractivity contribution in [3.05, 3.63) is 32.9 Å². The van der Waals surface area contributed by atoms with E-state index in [1.54, 1.807) is 12.1 Å². The third-order valence-electron chi connectivity index (χ3n) is 2.86. The van der Waals surface area contributed by atoms with Crippen LogP contribution in [0.4, 0.5) is 0 Å². The van der Waals surface area contributed by atoms with Crippen molar-refractivity contribution >= 4 is 23.2 Å². The van der Waals surface area contributed by atoms with Crippen LogP contribution >= 0.6 is 23.2 Å². The third kappa shape index (κ3) is 2.90. The fourth-order valence-electron chi connectivity index (χ4n) is 1.78. The Balaban J connectivity index is 2.41. The van der Waals surface area contributed by atoms with E-state index in [0.717, 1.165) is 0 Å². The average molecular weight is 304 g/mol. The molecule has 104 valence electrons. The van der Waals surface area contributed by atoms with Gasteiger partial charge in [0.1, 0.15) is 6.61 Å². The molecule has 0 saturated heterocycles. The van der Waals surface area contributed by atoms with Crippen LogP contribution in [0.3, 0.4) is 0 Å². The molecule has 0 spiro atoms. The zero-order chi connectivity index (χ0) is 14.0. The molecule has 0 aliphatic carbocycles. The zero-order valence-electron chi connectivity index (χ0n) is 10.7. The number of nitrogens with zero attached hydrogens (tertiary/aromatic N) is 3. The number of aliphatic hydroxyl groups is 1. The van der Waals surface area contributed by atoms with Gasteiger partial charge in [-0.25, -0.2) is 9.98 Å². The summed E-state index contributed by atoms with van der Waals surface area (Å²) in [7, 11) is 3.73. The van der Waals surface area contributed by atoms with Gasteiger partial charge in [0.15, 0.2) is 0 Å². The first-order valence-corrected chi connectivity index (χ1v) is 6.55. The average Bonchev–Trinajstić information content (AvgIpc) is 2.69. The number of halogens is 2. The predicted octanol–water partition coefficient (Wildman–Crippen LogP) is 0.471. The summed E-state index contributed by atoms with van der Waals surface area (Å²) in [5.41, 5.74) is 0. The molecule has 1 aromatic rings. The first-order valence-electron chi connectivity index (χ1n) is 5.79. The van der Waals surface area contributed by atoms with Gasteiger partial charge >= 0.3 is 0 Å². The Bertz CT molecular complexity index is 548. The molecule has 1 aliphatic rings. The summed E-state index contributed by atoms with van der Waals surface area (Å²) in [5, 5.41) is 11.1. The van der Waals surface area contributed by atoms with Crippen LogP contribution in [0.1, 0.15) is 0 Å². The van der Waals surface area contributed by atoms with E-state index in [9.17, 15) is 0 Å². The number of benzene rings is 1. The Kier molecular flexibility index (Phi) is 4.43. The van der Waals surface area contributed by atoms with Gasteiger partial charge in [-0.1, -0.05) is 23.2 Å². The minimum atomic E-state index is -0.828. The second-order valence-electron chi connectivity index (χ2n) is 4.42. The molecule has 0 bridgehead atoms. The van der Waals surface area contributed by atoms with Crippen LogP contribution in [0.5, 0.6) is 0 Å². The summed E-state index contributed by atoms with van der Waals surface area (Å²) in [5.74, 6) is -0.828. The van der Waals surface area contributed by atoms with Gasteiger partial charge in [-0.05, 0) is 26.2 Å². The molecular weight excluding hydrogens is 289 g/mol. The molecule has 0 fully saturated rings. The van der Waals surface area contributed by atoms with Crippen LogP contribution in [0.2, 0.25) is 10.0 Å². The quantitative estimate of drug-likeness (QED) is 0.805. The van der Waals surface area contributed by atoms with Gasteiger partial charge < -0.3 is 9.84 Å². The molecule has 0 radical (unpaired) electrons. The molecule has 0 aromatic heterocycles. The Labute approximate surface area is 121 Å². The topological polar surface area (TPSA) is 57.4 Å². The summed E-state index contributed by atoms with van der Waals surface area (Å²) in [6.45, 7) is 0.469. The van der Waals surface area contributed by atoms with Crippen LogP contribution in [-0.2, 0) is 4.74 Å². The van der Waals surface area contributed by atoms with Crippen LogP contribution in [0.25, 0.3) is 0 Å². The number of fused-ring (bicyclic) bond motifs is 1. The van der Waals surface area contributed by atoms with Crippen molar-refractivity contribution in [1.82, 2.24) is 4.90 Å². The SMILES string of the molecule is CN(C)C1(COCCO)N=c2cc(Cl)c(Cl)cc2=N1. The highest BCUT2D eigenvalue weighted by molar-refractivity contribution is 6.41. The second kappa shape index (κ2) is 5.73. The lowest BCUT2D eigenvalue weighted by Gasteiger charge is -2.29. The highest BCUT2D eigenvalue weighted by atomic mass is 35.5. The van der Waals surface area contributed by atoms with E-state index < -0.39 is 5.79 Å². The molecule has 1 heterocycles. The first-order chi connectivity index (χ1) is 8.98. The lowest BCUT2D eigenvalue weighted by molar-refractivity contribution is 0.0101. The Morgan fingerprint density at radius 1 is 1.21 bits per heavy atom. The van der Waals surface area contributed by atoms with Crippen molar-refractivity contribution in [3.63, 3.8) is 0 Å². The van der Waals surface area contributed by atoms with Crippen LogP contribution in [0, 0.1) is 0 Å². The van der Waals surface area contributed by atoms with Gasteiger partial charge in [0.2, 0.25) is 5.79 Å². The Morgan fingerprint density at radius 2 is 1.74 bits per heavy atom. The van der Waals surface area contributed by atoms with Crippen molar-refractivity contribution in [2.24, 2.45) is 9.98 Å². The number of likely N-dealkylation sites (N-methyl/N-ethyl adjacent to an activating group) is 1.